The van der Waals surface area contributed by atoms with E-state index in [1.165, 1.54) is 30.3 Å². The van der Waals surface area contributed by atoms with Crippen LogP contribution in [0, 0.1) is 0 Å². The first-order valence-electron chi connectivity index (χ1n) is 10.1. The molecule has 0 radical (unpaired) electrons. The third-order valence-electron chi connectivity index (χ3n) is 5.27. The van der Waals surface area contributed by atoms with E-state index in [0.29, 0.717) is 17.3 Å². The Morgan fingerprint density at radius 1 is 1.12 bits per heavy atom. The van der Waals surface area contributed by atoms with E-state index in [1.807, 2.05) is 31.3 Å². The monoisotopic (exact) mass is 445 g/mol. The van der Waals surface area contributed by atoms with Gasteiger partial charge < -0.3 is 24.7 Å². The second-order valence-corrected chi connectivity index (χ2v) is 7.46. The number of ether oxygens (including phenoxy) is 1. The van der Waals surface area contributed by atoms with Gasteiger partial charge in [-0.25, -0.2) is 0 Å². The van der Waals surface area contributed by atoms with Crippen molar-refractivity contribution >= 4 is 17.3 Å². The van der Waals surface area contributed by atoms with E-state index in [9.17, 15) is 18.0 Å². The van der Waals surface area contributed by atoms with Gasteiger partial charge in [-0.3, -0.25) is 4.79 Å². The van der Waals surface area contributed by atoms with Crippen molar-refractivity contribution < 1.29 is 27.1 Å². The number of alkyl halides is 3. The number of nitrogens with zero attached hydrogens (tertiary/aromatic N) is 1. The summed E-state index contributed by atoms with van der Waals surface area (Å²) in [6.07, 6.45) is -3.70. The lowest BCUT2D eigenvalue weighted by Crippen LogP contribution is -2.29. The molecule has 2 heterocycles. The maximum atomic E-state index is 12.5. The largest absolute Gasteiger partial charge is 0.573 e. The fraction of sp³-hybridized carbons (Fsp3) is 0.261. The Balaban J connectivity index is 1.41. The van der Waals surface area contributed by atoms with Crippen LogP contribution in [-0.4, -0.2) is 38.4 Å². The summed E-state index contributed by atoms with van der Waals surface area (Å²) >= 11 is 0. The number of rotatable bonds is 6. The maximum absolute atomic E-state index is 12.5. The Morgan fingerprint density at radius 3 is 2.59 bits per heavy atom. The Morgan fingerprint density at radius 2 is 1.91 bits per heavy atom. The summed E-state index contributed by atoms with van der Waals surface area (Å²) in [6.45, 7) is 1.91. The van der Waals surface area contributed by atoms with Crippen molar-refractivity contribution in [3.05, 3.63) is 66.4 Å². The molecule has 1 amide bonds. The van der Waals surface area contributed by atoms with E-state index in [2.05, 4.69) is 20.3 Å². The summed E-state index contributed by atoms with van der Waals surface area (Å²) < 4.78 is 46.8. The molecule has 3 aromatic rings. The van der Waals surface area contributed by atoms with Crippen LogP contribution in [0.1, 0.15) is 17.0 Å². The molecule has 32 heavy (non-hydrogen) atoms. The third-order valence-corrected chi connectivity index (χ3v) is 5.27. The first-order chi connectivity index (χ1) is 15.3. The van der Waals surface area contributed by atoms with Crippen molar-refractivity contribution in [3.63, 3.8) is 0 Å². The number of carbonyl (C=O) groups excluding carboxylic acids is 1. The predicted octanol–water partition coefficient (Wildman–Crippen LogP) is 4.90. The number of hydrogen-bond donors (Lipinski definition) is 2. The summed E-state index contributed by atoms with van der Waals surface area (Å²) in [7, 11) is 1.96. The van der Waals surface area contributed by atoms with Crippen LogP contribution < -0.4 is 20.3 Å². The van der Waals surface area contributed by atoms with E-state index in [0.717, 1.165) is 25.2 Å². The van der Waals surface area contributed by atoms with Gasteiger partial charge in [0.2, 0.25) is 0 Å². The highest BCUT2D eigenvalue weighted by Gasteiger charge is 2.31. The number of nitrogens with one attached hydrogen (secondary N) is 2. The number of halogens is 3. The van der Waals surface area contributed by atoms with Crippen molar-refractivity contribution in [1.82, 2.24) is 5.32 Å². The number of carbonyl (C=O) groups is 1. The molecule has 1 aliphatic heterocycles. The predicted molar refractivity (Wildman–Crippen MR) is 115 cm³/mol. The number of benzene rings is 2. The first-order valence-corrected chi connectivity index (χ1v) is 10.1. The molecule has 1 atom stereocenters. The number of amides is 1. The zero-order valence-electron chi connectivity index (χ0n) is 17.3. The zero-order chi connectivity index (χ0) is 22.7. The molecular weight excluding hydrogens is 423 g/mol. The molecule has 1 aromatic heterocycles. The van der Waals surface area contributed by atoms with Gasteiger partial charge in [0.1, 0.15) is 11.5 Å². The summed E-state index contributed by atoms with van der Waals surface area (Å²) in [5, 5.41) is 6.05. The minimum atomic E-state index is -4.79. The smallest absolute Gasteiger partial charge is 0.451 e. The van der Waals surface area contributed by atoms with Gasteiger partial charge in [0.15, 0.2) is 5.76 Å². The average Bonchev–Trinajstić information content (AvgIpc) is 3.43. The van der Waals surface area contributed by atoms with E-state index in [4.69, 9.17) is 4.42 Å². The fourth-order valence-electron chi connectivity index (χ4n) is 3.64. The van der Waals surface area contributed by atoms with Gasteiger partial charge in [-0.1, -0.05) is 12.1 Å². The zero-order valence-corrected chi connectivity index (χ0v) is 17.3. The normalized spacial score (nSPS) is 16.2. The lowest BCUT2D eigenvalue weighted by atomic mass is 10.1. The number of anilines is 2. The Kier molecular flexibility index (Phi) is 6.09. The average molecular weight is 445 g/mol. The first kappa shape index (κ1) is 21.8. The third kappa shape index (κ3) is 5.23. The van der Waals surface area contributed by atoms with Gasteiger partial charge in [-0.2, -0.15) is 0 Å². The Bertz CT molecular complexity index is 1080. The van der Waals surface area contributed by atoms with Crippen LogP contribution in [0.2, 0.25) is 0 Å². The second-order valence-electron chi connectivity index (χ2n) is 7.46. The van der Waals surface area contributed by atoms with Crippen LogP contribution >= 0.6 is 0 Å². The molecule has 2 N–H and O–H groups in total. The summed E-state index contributed by atoms with van der Waals surface area (Å²) in [5.74, 6) is -0.520. The van der Waals surface area contributed by atoms with Gasteiger partial charge in [0, 0.05) is 36.1 Å². The summed E-state index contributed by atoms with van der Waals surface area (Å²) in [5.41, 5.74) is 2.06. The molecule has 168 valence electrons. The van der Waals surface area contributed by atoms with Gasteiger partial charge in [-0.05, 0) is 62.0 Å². The highest BCUT2D eigenvalue weighted by atomic mass is 19.4. The van der Waals surface area contributed by atoms with Crippen LogP contribution in [0.5, 0.6) is 5.75 Å². The van der Waals surface area contributed by atoms with E-state index >= 15 is 0 Å². The number of likely N-dealkylation sites (N-methyl/N-ethyl adjacent to an activating group) is 1. The SMILES string of the molecule is CNC1CCN(c2ccc(NC(=O)c3ccc(-c4cccc(OC(F)(F)F)c4)o3)cc2)C1. The molecule has 4 rings (SSSR count). The maximum Gasteiger partial charge on any atom is 0.573 e. The van der Waals surface area contributed by atoms with Crippen LogP contribution in [0.25, 0.3) is 11.3 Å². The summed E-state index contributed by atoms with van der Waals surface area (Å²) in [6, 6.07) is 16.4. The molecule has 0 spiro atoms. The molecule has 0 saturated carbocycles. The van der Waals surface area contributed by atoms with Crippen molar-refractivity contribution in [2.45, 2.75) is 18.8 Å². The van der Waals surface area contributed by atoms with Gasteiger partial charge in [0.25, 0.3) is 5.91 Å². The molecule has 1 saturated heterocycles. The van der Waals surface area contributed by atoms with E-state index in [1.54, 1.807) is 6.07 Å². The minimum absolute atomic E-state index is 0.0441. The standard InChI is InChI=1S/C23H22F3N3O3/c1-27-17-11-12-29(14-17)18-7-5-16(6-8-18)28-22(30)21-10-9-20(31-21)15-3-2-4-19(13-15)32-23(24,25)26/h2-10,13,17,27H,11-12,14H2,1H3,(H,28,30). The number of hydrogen-bond acceptors (Lipinski definition) is 5. The summed E-state index contributed by atoms with van der Waals surface area (Å²) in [4.78, 5) is 14.8. The molecule has 0 aliphatic carbocycles. The van der Waals surface area contributed by atoms with Gasteiger partial charge >= 0.3 is 6.36 Å². The molecule has 1 unspecified atom stereocenters. The lowest BCUT2D eigenvalue weighted by Gasteiger charge is -2.19. The van der Waals surface area contributed by atoms with Crippen LogP contribution in [0.4, 0.5) is 24.5 Å². The lowest BCUT2D eigenvalue weighted by molar-refractivity contribution is -0.274. The van der Waals surface area contributed by atoms with Crippen LogP contribution in [-0.2, 0) is 0 Å². The molecule has 6 nitrogen and oxygen atoms in total. The van der Waals surface area contributed by atoms with Crippen LogP contribution in [0.15, 0.2) is 65.1 Å². The highest BCUT2D eigenvalue weighted by molar-refractivity contribution is 6.02. The van der Waals surface area contributed by atoms with Crippen molar-refractivity contribution in [2.24, 2.45) is 0 Å². The topological polar surface area (TPSA) is 66.7 Å². The fourth-order valence-corrected chi connectivity index (χ4v) is 3.64. The quantitative estimate of drug-likeness (QED) is 0.565. The number of furan rings is 1. The van der Waals surface area contributed by atoms with Crippen molar-refractivity contribution in [2.75, 3.05) is 30.4 Å². The molecule has 9 heteroatoms. The molecule has 0 bridgehead atoms. The van der Waals surface area contributed by atoms with Crippen molar-refractivity contribution in [1.29, 1.82) is 0 Å². The molecular formula is C23H22F3N3O3. The van der Waals surface area contributed by atoms with E-state index < -0.39 is 12.3 Å². The molecule has 1 fully saturated rings. The Hall–Kier alpha value is -3.46. The Labute approximate surface area is 183 Å². The van der Waals surface area contributed by atoms with Gasteiger partial charge in [-0.15, -0.1) is 13.2 Å². The minimum Gasteiger partial charge on any atom is -0.451 e. The van der Waals surface area contributed by atoms with E-state index in [-0.39, 0.29) is 17.3 Å². The highest BCUT2D eigenvalue weighted by Crippen LogP contribution is 2.29. The van der Waals surface area contributed by atoms with Crippen LogP contribution in [0.3, 0.4) is 0 Å². The second kappa shape index (κ2) is 8.96. The molecule has 2 aromatic carbocycles. The molecule has 1 aliphatic rings. The van der Waals surface area contributed by atoms with Crippen molar-refractivity contribution in [3.8, 4) is 17.1 Å². The van der Waals surface area contributed by atoms with Gasteiger partial charge in [0.05, 0.1) is 0 Å².